The number of nitrogens with one attached hydrogen (secondary N) is 1. The molecule has 2 rings (SSSR count). The summed E-state index contributed by atoms with van der Waals surface area (Å²) in [6.07, 6.45) is 2.86. The molecule has 3 heteroatoms. The molecule has 2 aliphatic heterocycles. The Morgan fingerprint density at radius 3 is 2.84 bits per heavy atom. The van der Waals surface area contributed by atoms with Gasteiger partial charge in [-0.2, -0.15) is 0 Å². The molecule has 3 atom stereocenters. The Balaban J connectivity index is 2.29. The summed E-state index contributed by atoms with van der Waals surface area (Å²) in [7, 11) is 0. The maximum absolute atomic E-state index is 12.8. The molecule has 1 saturated heterocycles. The fraction of sp³-hybridized carbons (Fsp3) is 0.688. The fourth-order valence-corrected chi connectivity index (χ4v) is 3.27. The van der Waals surface area contributed by atoms with Crippen LogP contribution in [0.4, 0.5) is 0 Å². The monoisotopic (exact) mass is 260 g/mol. The van der Waals surface area contributed by atoms with Crippen molar-refractivity contribution in [1.29, 1.82) is 0 Å². The van der Waals surface area contributed by atoms with Gasteiger partial charge in [-0.15, -0.1) is 5.92 Å². The van der Waals surface area contributed by atoms with Crippen molar-refractivity contribution in [3.8, 4) is 11.8 Å². The van der Waals surface area contributed by atoms with E-state index >= 15 is 0 Å². The number of carbonyl (C=O) groups excluding carboxylic acids is 1. The minimum atomic E-state index is 0.224. The van der Waals surface area contributed by atoms with Crippen LogP contribution in [0.2, 0.25) is 0 Å². The zero-order valence-electron chi connectivity index (χ0n) is 12.4. The van der Waals surface area contributed by atoms with E-state index in [1.807, 2.05) is 13.8 Å². The highest BCUT2D eigenvalue weighted by Crippen LogP contribution is 2.33. The van der Waals surface area contributed by atoms with Crippen molar-refractivity contribution in [3.63, 3.8) is 0 Å². The molecule has 0 aromatic rings. The third-order valence-electron chi connectivity index (χ3n) is 4.32. The van der Waals surface area contributed by atoms with Crippen LogP contribution in [0.1, 0.15) is 47.0 Å². The van der Waals surface area contributed by atoms with Crippen molar-refractivity contribution < 1.29 is 4.79 Å². The predicted octanol–water partition coefficient (Wildman–Crippen LogP) is 2.29. The summed E-state index contributed by atoms with van der Waals surface area (Å²) in [5, 5.41) is 3.43. The van der Waals surface area contributed by atoms with Crippen LogP contribution < -0.4 is 5.32 Å². The van der Waals surface area contributed by atoms with E-state index in [-0.39, 0.29) is 18.0 Å². The second kappa shape index (κ2) is 5.69. The van der Waals surface area contributed by atoms with E-state index in [0.717, 1.165) is 37.1 Å². The zero-order valence-corrected chi connectivity index (χ0v) is 12.4. The number of rotatable bonds is 2. The first-order valence-corrected chi connectivity index (χ1v) is 7.28. The molecule has 2 heterocycles. The van der Waals surface area contributed by atoms with Gasteiger partial charge >= 0.3 is 0 Å². The lowest BCUT2D eigenvalue weighted by atomic mass is 10.00. The van der Waals surface area contributed by atoms with Crippen LogP contribution in [0.5, 0.6) is 0 Å². The average molecular weight is 260 g/mol. The molecule has 0 aromatic carbocycles. The maximum Gasteiger partial charge on any atom is 0.252 e. The summed E-state index contributed by atoms with van der Waals surface area (Å²) in [5.41, 5.74) is 2.02. The molecule has 2 aliphatic rings. The lowest BCUT2D eigenvalue weighted by Gasteiger charge is -2.27. The second-order valence-electron chi connectivity index (χ2n) is 5.58. The molecule has 19 heavy (non-hydrogen) atoms. The number of carbonyl (C=O) groups is 1. The van der Waals surface area contributed by atoms with Crippen LogP contribution in [0, 0.1) is 17.8 Å². The molecule has 0 spiro atoms. The first kappa shape index (κ1) is 14.0. The van der Waals surface area contributed by atoms with Gasteiger partial charge in [0.2, 0.25) is 0 Å². The summed E-state index contributed by atoms with van der Waals surface area (Å²) < 4.78 is 0. The van der Waals surface area contributed by atoms with E-state index < -0.39 is 0 Å². The van der Waals surface area contributed by atoms with Gasteiger partial charge in [0.15, 0.2) is 0 Å². The van der Waals surface area contributed by atoms with Gasteiger partial charge in [0.05, 0.1) is 6.04 Å². The number of amides is 1. The van der Waals surface area contributed by atoms with Crippen LogP contribution >= 0.6 is 0 Å². The molecule has 3 nitrogen and oxygen atoms in total. The van der Waals surface area contributed by atoms with Crippen molar-refractivity contribution in [3.05, 3.63) is 11.3 Å². The second-order valence-corrected chi connectivity index (χ2v) is 5.58. The van der Waals surface area contributed by atoms with Crippen LogP contribution in [-0.4, -0.2) is 29.4 Å². The highest BCUT2D eigenvalue weighted by Gasteiger charge is 2.42. The first-order chi connectivity index (χ1) is 9.10. The van der Waals surface area contributed by atoms with E-state index in [1.54, 1.807) is 0 Å². The number of fused-ring (bicyclic) bond motifs is 1. The van der Waals surface area contributed by atoms with Gasteiger partial charge in [0.25, 0.3) is 5.91 Å². The van der Waals surface area contributed by atoms with Crippen LogP contribution in [0.25, 0.3) is 0 Å². The molecule has 0 saturated carbocycles. The molecule has 0 aliphatic carbocycles. The number of nitrogens with zero attached hydrogens (tertiary/aromatic N) is 1. The Bertz CT molecular complexity index is 455. The van der Waals surface area contributed by atoms with Gasteiger partial charge in [-0.1, -0.05) is 19.3 Å². The summed E-state index contributed by atoms with van der Waals surface area (Å²) in [6.45, 7) is 9.02. The number of allylic oxidation sites excluding steroid dienone is 1. The van der Waals surface area contributed by atoms with Crippen molar-refractivity contribution in [1.82, 2.24) is 10.2 Å². The van der Waals surface area contributed by atoms with Gasteiger partial charge < -0.3 is 10.2 Å². The SMILES string of the molecule is CC#C[C@H]1C[C@H]2CNC(C)=C(CCC)C(=O)N2C1C. The Morgan fingerprint density at radius 1 is 1.47 bits per heavy atom. The lowest BCUT2D eigenvalue weighted by molar-refractivity contribution is -0.129. The molecule has 1 N–H and O–H groups in total. The maximum atomic E-state index is 12.8. The van der Waals surface area contributed by atoms with Crippen LogP contribution in [-0.2, 0) is 4.79 Å². The molecule has 0 radical (unpaired) electrons. The third-order valence-corrected chi connectivity index (χ3v) is 4.32. The largest absolute Gasteiger partial charge is 0.386 e. The van der Waals surface area contributed by atoms with Crippen molar-refractivity contribution in [2.75, 3.05) is 6.54 Å². The van der Waals surface area contributed by atoms with Gasteiger partial charge in [0.1, 0.15) is 0 Å². The molecule has 1 fully saturated rings. The molecular weight excluding hydrogens is 236 g/mol. The number of hydrogen-bond acceptors (Lipinski definition) is 2. The smallest absolute Gasteiger partial charge is 0.252 e. The van der Waals surface area contributed by atoms with E-state index in [4.69, 9.17) is 0 Å². The topological polar surface area (TPSA) is 32.3 Å². The summed E-state index contributed by atoms with van der Waals surface area (Å²) in [4.78, 5) is 14.8. The van der Waals surface area contributed by atoms with Crippen molar-refractivity contribution >= 4 is 5.91 Å². The molecule has 0 bridgehead atoms. The van der Waals surface area contributed by atoms with Crippen molar-refractivity contribution in [2.45, 2.75) is 59.0 Å². The van der Waals surface area contributed by atoms with Gasteiger partial charge in [-0.25, -0.2) is 0 Å². The summed E-state index contributed by atoms with van der Waals surface area (Å²) in [6, 6.07) is 0.516. The Morgan fingerprint density at radius 2 is 2.21 bits per heavy atom. The number of hydrogen-bond donors (Lipinski definition) is 1. The predicted molar refractivity (Wildman–Crippen MR) is 77.3 cm³/mol. The first-order valence-electron chi connectivity index (χ1n) is 7.28. The van der Waals surface area contributed by atoms with Crippen molar-refractivity contribution in [2.24, 2.45) is 5.92 Å². The highest BCUT2D eigenvalue weighted by molar-refractivity contribution is 5.95. The Kier molecular flexibility index (Phi) is 4.19. The Hall–Kier alpha value is -1.43. The zero-order chi connectivity index (χ0) is 14.0. The van der Waals surface area contributed by atoms with Gasteiger partial charge in [0, 0.05) is 29.8 Å². The average Bonchev–Trinajstić information content (AvgIpc) is 2.64. The van der Waals surface area contributed by atoms with Crippen LogP contribution in [0.3, 0.4) is 0 Å². The van der Waals surface area contributed by atoms with Crippen LogP contribution in [0.15, 0.2) is 11.3 Å². The quantitative estimate of drug-likeness (QED) is 0.773. The Labute approximate surface area is 116 Å². The summed E-state index contributed by atoms with van der Waals surface area (Å²) >= 11 is 0. The third kappa shape index (κ3) is 2.49. The highest BCUT2D eigenvalue weighted by atomic mass is 16.2. The molecule has 1 amide bonds. The van der Waals surface area contributed by atoms with E-state index in [2.05, 4.69) is 35.9 Å². The fourth-order valence-electron chi connectivity index (χ4n) is 3.27. The minimum absolute atomic E-state index is 0.224. The molecular formula is C16H24N2O. The molecule has 0 aromatic heterocycles. The molecule has 1 unspecified atom stereocenters. The minimum Gasteiger partial charge on any atom is -0.386 e. The molecule has 104 valence electrons. The van der Waals surface area contributed by atoms with Gasteiger partial charge in [-0.3, -0.25) is 4.79 Å². The standard InChI is InChI=1S/C16H24N2O/c1-5-7-13-9-14-10-17-11(3)15(8-6-2)16(19)18(14)12(13)4/h12-14,17H,6,8-10H2,1-4H3/t12?,13-,14-/m0/s1. The van der Waals surface area contributed by atoms with E-state index in [0.29, 0.717) is 5.92 Å². The normalized spacial score (nSPS) is 30.4. The van der Waals surface area contributed by atoms with E-state index in [1.165, 1.54) is 0 Å². The lowest BCUT2D eigenvalue weighted by Crippen LogP contribution is -2.43. The van der Waals surface area contributed by atoms with E-state index in [9.17, 15) is 4.79 Å². The van der Waals surface area contributed by atoms with Gasteiger partial charge in [-0.05, 0) is 33.6 Å². The summed E-state index contributed by atoms with van der Waals surface area (Å²) in [5.74, 6) is 6.81.